The number of rotatable bonds is 7. The normalized spacial score (nSPS) is 13.0. The van der Waals surface area contributed by atoms with Gasteiger partial charge in [0.2, 0.25) is 10.0 Å². The Labute approximate surface area is 128 Å². The fourth-order valence-corrected chi connectivity index (χ4v) is 3.67. The number of sulfonamides is 1. The second-order valence-electron chi connectivity index (χ2n) is 4.52. The first-order valence-electron chi connectivity index (χ1n) is 6.64. The molecule has 2 aromatic rings. The molecular weight excluding hydrogens is 308 g/mol. The van der Waals surface area contributed by atoms with Gasteiger partial charge in [-0.1, -0.05) is 6.92 Å². The molecule has 2 N–H and O–H groups in total. The van der Waals surface area contributed by atoms with Crippen LogP contribution in [0.15, 0.2) is 34.8 Å². The van der Waals surface area contributed by atoms with Crippen molar-refractivity contribution in [2.24, 2.45) is 0 Å². The first-order valence-corrected chi connectivity index (χ1v) is 9.01. The van der Waals surface area contributed by atoms with Gasteiger partial charge in [-0.3, -0.25) is 0 Å². The average molecular weight is 326 g/mol. The number of thiazole rings is 1. The molecule has 0 aromatic carbocycles. The van der Waals surface area contributed by atoms with Crippen LogP contribution in [0.25, 0.3) is 0 Å². The van der Waals surface area contributed by atoms with E-state index in [4.69, 9.17) is 0 Å². The second-order valence-corrected chi connectivity index (χ2v) is 7.16. The molecule has 0 spiro atoms. The van der Waals surface area contributed by atoms with Gasteiger partial charge in [0.1, 0.15) is 10.8 Å². The largest absolute Gasteiger partial charge is 0.370 e. The predicted octanol–water partition coefficient (Wildman–Crippen LogP) is 2.40. The molecule has 0 amide bonds. The van der Waals surface area contributed by atoms with Crippen molar-refractivity contribution in [1.29, 1.82) is 0 Å². The quantitative estimate of drug-likeness (QED) is 0.816. The van der Waals surface area contributed by atoms with Gasteiger partial charge in [-0.2, -0.15) is 0 Å². The third-order valence-electron chi connectivity index (χ3n) is 2.75. The van der Waals surface area contributed by atoms with Gasteiger partial charge in [0.15, 0.2) is 0 Å². The Hall–Kier alpha value is -1.51. The van der Waals surface area contributed by atoms with E-state index in [0.29, 0.717) is 5.82 Å². The zero-order valence-electron chi connectivity index (χ0n) is 11.9. The van der Waals surface area contributed by atoms with Crippen molar-refractivity contribution in [3.8, 4) is 0 Å². The van der Waals surface area contributed by atoms with Gasteiger partial charge < -0.3 is 5.32 Å². The van der Waals surface area contributed by atoms with Crippen LogP contribution < -0.4 is 10.0 Å². The van der Waals surface area contributed by atoms with Gasteiger partial charge in [0.25, 0.3) is 0 Å². The van der Waals surface area contributed by atoms with E-state index in [1.807, 2.05) is 12.3 Å². The molecule has 0 saturated carbocycles. The Kier molecular flexibility index (Phi) is 5.27. The van der Waals surface area contributed by atoms with Crippen LogP contribution in [0.2, 0.25) is 0 Å². The van der Waals surface area contributed by atoms with Gasteiger partial charge in [-0.15, -0.1) is 11.3 Å². The van der Waals surface area contributed by atoms with Crippen LogP contribution in [-0.4, -0.2) is 24.9 Å². The van der Waals surface area contributed by atoms with Crippen LogP contribution >= 0.6 is 11.3 Å². The van der Waals surface area contributed by atoms with E-state index < -0.39 is 10.0 Å². The van der Waals surface area contributed by atoms with E-state index in [1.165, 1.54) is 29.7 Å². The highest BCUT2D eigenvalue weighted by Crippen LogP contribution is 2.19. The molecule has 0 aliphatic heterocycles. The molecule has 2 heterocycles. The van der Waals surface area contributed by atoms with E-state index in [0.717, 1.165) is 18.0 Å². The lowest BCUT2D eigenvalue weighted by Gasteiger charge is -2.12. The molecular formula is C13H18N4O2S2. The highest BCUT2D eigenvalue weighted by Gasteiger charge is 2.20. The highest BCUT2D eigenvalue weighted by atomic mass is 32.2. The number of anilines is 1. The monoisotopic (exact) mass is 326 g/mol. The molecule has 114 valence electrons. The molecule has 21 heavy (non-hydrogen) atoms. The number of pyridine rings is 1. The number of nitrogens with zero attached hydrogens (tertiary/aromatic N) is 2. The summed E-state index contributed by atoms with van der Waals surface area (Å²) in [6.45, 7) is 4.55. The van der Waals surface area contributed by atoms with Gasteiger partial charge in [-0.25, -0.2) is 23.1 Å². The lowest BCUT2D eigenvalue weighted by atomic mass is 10.4. The van der Waals surface area contributed by atoms with E-state index in [9.17, 15) is 8.42 Å². The number of nitrogens with one attached hydrogen (secondary N) is 2. The van der Waals surface area contributed by atoms with Crippen molar-refractivity contribution in [2.45, 2.75) is 31.2 Å². The summed E-state index contributed by atoms with van der Waals surface area (Å²) < 4.78 is 27.4. The predicted molar refractivity (Wildman–Crippen MR) is 83.9 cm³/mol. The average Bonchev–Trinajstić information content (AvgIpc) is 2.99. The smallest absolute Gasteiger partial charge is 0.241 e. The first kappa shape index (κ1) is 15.9. The zero-order valence-corrected chi connectivity index (χ0v) is 13.5. The minimum Gasteiger partial charge on any atom is -0.370 e. The molecule has 0 aliphatic rings. The van der Waals surface area contributed by atoms with Crippen LogP contribution in [0, 0.1) is 0 Å². The third kappa shape index (κ3) is 4.23. The SMILES string of the molecule is CCCNc1cc(S(=O)(=O)NC(C)c2nccs2)ccn1. The molecule has 1 atom stereocenters. The van der Waals surface area contributed by atoms with Gasteiger partial charge in [0, 0.05) is 30.4 Å². The van der Waals surface area contributed by atoms with Crippen LogP contribution in [0.3, 0.4) is 0 Å². The van der Waals surface area contributed by atoms with Crippen molar-refractivity contribution in [2.75, 3.05) is 11.9 Å². The Balaban J connectivity index is 2.15. The Morgan fingerprint density at radius 2 is 2.14 bits per heavy atom. The van der Waals surface area contributed by atoms with Crippen LogP contribution in [-0.2, 0) is 10.0 Å². The molecule has 0 bridgehead atoms. The maximum atomic E-state index is 12.4. The van der Waals surface area contributed by atoms with Gasteiger partial charge in [0.05, 0.1) is 10.9 Å². The summed E-state index contributed by atoms with van der Waals surface area (Å²) >= 11 is 1.42. The van der Waals surface area contributed by atoms with E-state index in [2.05, 4.69) is 20.0 Å². The fraction of sp³-hybridized carbons (Fsp3) is 0.385. The van der Waals surface area contributed by atoms with Crippen LogP contribution in [0.5, 0.6) is 0 Å². The zero-order chi connectivity index (χ0) is 15.3. The summed E-state index contributed by atoms with van der Waals surface area (Å²) in [5.74, 6) is 0.557. The maximum Gasteiger partial charge on any atom is 0.241 e. The lowest BCUT2D eigenvalue weighted by molar-refractivity contribution is 0.566. The fourth-order valence-electron chi connectivity index (χ4n) is 1.73. The summed E-state index contributed by atoms with van der Waals surface area (Å²) in [7, 11) is -3.60. The topological polar surface area (TPSA) is 84.0 Å². The molecule has 1 unspecified atom stereocenters. The molecule has 2 rings (SSSR count). The minimum atomic E-state index is -3.60. The number of aromatic nitrogens is 2. The number of hydrogen-bond acceptors (Lipinski definition) is 6. The molecule has 8 heteroatoms. The Morgan fingerprint density at radius 3 is 2.81 bits per heavy atom. The lowest BCUT2D eigenvalue weighted by Crippen LogP contribution is -2.27. The molecule has 0 radical (unpaired) electrons. The Bertz CT molecular complexity index is 671. The van der Waals surface area contributed by atoms with Crippen LogP contribution in [0.1, 0.15) is 31.3 Å². The maximum absolute atomic E-state index is 12.4. The van der Waals surface area contributed by atoms with Gasteiger partial charge in [-0.05, 0) is 19.4 Å². The van der Waals surface area contributed by atoms with Gasteiger partial charge >= 0.3 is 0 Å². The highest BCUT2D eigenvalue weighted by molar-refractivity contribution is 7.89. The second kappa shape index (κ2) is 6.97. The Morgan fingerprint density at radius 1 is 1.33 bits per heavy atom. The summed E-state index contributed by atoms with van der Waals surface area (Å²) in [5.41, 5.74) is 0. The van der Waals surface area contributed by atoms with Crippen LogP contribution in [0.4, 0.5) is 5.82 Å². The van der Waals surface area contributed by atoms with Crippen molar-refractivity contribution < 1.29 is 8.42 Å². The molecule has 0 saturated heterocycles. The molecule has 0 aliphatic carbocycles. The van der Waals surface area contributed by atoms with Crippen molar-refractivity contribution in [1.82, 2.24) is 14.7 Å². The third-order valence-corrected chi connectivity index (χ3v) is 5.25. The minimum absolute atomic E-state index is 0.194. The number of hydrogen-bond donors (Lipinski definition) is 2. The van der Waals surface area contributed by atoms with Crippen molar-refractivity contribution in [3.05, 3.63) is 34.9 Å². The van der Waals surface area contributed by atoms with E-state index in [-0.39, 0.29) is 10.9 Å². The summed E-state index contributed by atoms with van der Waals surface area (Å²) in [5, 5.41) is 5.63. The summed E-state index contributed by atoms with van der Waals surface area (Å²) in [4.78, 5) is 8.42. The van der Waals surface area contributed by atoms with E-state index >= 15 is 0 Å². The first-order chi connectivity index (χ1) is 10.0. The van der Waals surface area contributed by atoms with Crippen molar-refractivity contribution >= 4 is 27.2 Å². The summed E-state index contributed by atoms with van der Waals surface area (Å²) in [6.07, 6.45) is 4.09. The summed E-state index contributed by atoms with van der Waals surface area (Å²) in [6, 6.07) is 2.65. The standard InChI is InChI=1S/C13H18N4O2S2/c1-3-5-14-12-9-11(4-6-15-12)21(18,19)17-10(2)13-16-7-8-20-13/h4,6-10,17H,3,5H2,1-2H3,(H,14,15). The molecule has 0 fully saturated rings. The molecule has 2 aromatic heterocycles. The van der Waals surface area contributed by atoms with E-state index in [1.54, 1.807) is 13.1 Å². The van der Waals surface area contributed by atoms with Crippen molar-refractivity contribution in [3.63, 3.8) is 0 Å². The molecule has 6 nitrogen and oxygen atoms in total.